The van der Waals surface area contributed by atoms with Gasteiger partial charge in [0.15, 0.2) is 0 Å². The van der Waals surface area contributed by atoms with Crippen molar-refractivity contribution in [1.29, 1.82) is 0 Å². The third-order valence-electron chi connectivity index (χ3n) is 3.66. The van der Waals surface area contributed by atoms with Crippen LogP contribution in [0.2, 0.25) is 0 Å². The Labute approximate surface area is 133 Å². The molecule has 0 spiro atoms. The van der Waals surface area contributed by atoms with E-state index >= 15 is 0 Å². The Bertz CT molecular complexity index is 609. The van der Waals surface area contributed by atoms with E-state index in [1.54, 1.807) is 24.3 Å². The number of hydrogen-bond donors (Lipinski definition) is 1. The highest BCUT2D eigenvalue weighted by Gasteiger charge is 2.21. The smallest absolute Gasteiger partial charge is 0.303 e. The molecule has 124 valence electrons. The highest BCUT2D eigenvalue weighted by atomic mass is 32.2. The first kappa shape index (κ1) is 18.4. The fourth-order valence-corrected chi connectivity index (χ4v) is 2.54. The zero-order valence-corrected chi connectivity index (χ0v) is 14.8. The minimum absolute atomic E-state index is 0.0731. The molecule has 0 heterocycles. The average Bonchev–Trinajstić information content (AvgIpc) is 2.46. The molecule has 1 aromatic rings. The van der Waals surface area contributed by atoms with Crippen molar-refractivity contribution in [2.45, 2.75) is 26.8 Å². The van der Waals surface area contributed by atoms with Crippen LogP contribution in [0.1, 0.15) is 31.1 Å². The van der Waals surface area contributed by atoms with E-state index in [4.69, 9.17) is 0 Å². The molecule has 1 aromatic carbocycles. The monoisotopic (exact) mass is 327 g/mol. The predicted molar refractivity (Wildman–Crippen MR) is 89.2 cm³/mol. The Balaban J connectivity index is 2.90. The van der Waals surface area contributed by atoms with Gasteiger partial charge in [0.2, 0.25) is 0 Å². The summed E-state index contributed by atoms with van der Waals surface area (Å²) in [5, 5.41) is 2.91. The molecule has 1 rings (SSSR count). The van der Waals surface area contributed by atoms with Crippen molar-refractivity contribution in [2.75, 3.05) is 25.4 Å². The first-order chi connectivity index (χ1) is 10.1. The number of nitrogens with zero attached hydrogens (tertiary/aromatic N) is 2. The zero-order valence-electron chi connectivity index (χ0n) is 14.0. The Morgan fingerprint density at radius 3 is 1.95 bits per heavy atom. The molecular weight excluding hydrogens is 302 g/mol. The third kappa shape index (κ3) is 4.20. The summed E-state index contributed by atoms with van der Waals surface area (Å²) in [7, 11) is 0.897. The summed E-state index contributed by atoms with van der Waals surface area (Å²) < 4.78 is 26.4. The molecule has 22 heavy (non-hydrogen) atoms. The number of carbonyl (C=O) groups is 1. The minimum Gasteiger partial charge on any atom is -0.349 e. The Morgan fingerprint density at radius 1 is 1.05 bits per heavy atom. The van der Waals surface area contributed by atoms with Gasteiger partial charge in [0.25, 0.3) is 5.91 Å². The minimum atomic E-state index is -3.53. The van der Waals surface area contributed by atoms with Crippen LogP contribution in [0.5, 0.6) is 0 Å². The molecule has 0 radical (unpaired) electrons. The molecule has 0 bridgehead atoms. The summed E-state index contributed by atoms with van der Waals surface area (Å²) in [6.07, 6.45) is 0. The molecule has 0 fully saturated rings. The van der Waals surface area contributed by atoms with E-state index in [2.05, 4.69) is 5.32 Å². The van der Waals surface area contributed by atoms with Crippen LogP contribution < -0.4 is 9.62 Å². The maximum absolute atomic E-state index is 12.1. The average molecular weight is 327 g/mol. The van der Waals surface area contributed by atoms with Crippen molar-refractivity contribution in [2.24, 2.45) is 5.92 Å². The Kier molecular flexibility index (Phi) is 5.96. The second kappa shape index (κ2) is 7.11. The van der Waals surface area contributed by atoms with Crippen molar-refractivity contribution in [3.8, 4) is 0 Å². The van der Waals surface area contributed by atoms with Crippen LogP contribution >= 0.6 is 0 Å². The molecule has 0 unspecified atom stereocenters. The summed E-state index contributed by atoms with van der Waals surface area (Å²) >= 11 is 0. The van der Waals surface area contributed by atoms with Gasteiger partial charge in [0, 0.05) is 32.7 Å². The van der Waals surface area contributed by atoms with Gasteiger partial charge in [0.05, 0.1) is 5.69 Å². The lowest BCUT2D eigenvalue weighted by molar-refractivity contribution is 0.0930. The van der Waals surface area contributed by atoms with Gasteiger partial charge in [-0.3, -0.25) is 9.10 Å². The molecule has 6 nitrogen and oxygen atoms in total. The van der Waals surface area contributed by atoms with Gasteiger partial charge in [-0.05, 0) is 37.1 Å². The summed E-state index contributed by atoms with van der Waals surface area (Å²) in [5.74, 6) is 0.186. The normalized spacial score (nSPS) is 13.3. The number of anilines is 1. The summed E-state index contributed by atoms with van der Waals surface area (Å²) in [6.45, 7) is 6.03. The Morgan fingerprint density at radius 2 is 1.55 bits per heavy atom. The van der Waals surface area contributed by atoms with Gasteiger partial charge < -0.3 is 5.32 Å². The lowest BCUT2D eigenvalue weighted by Gasteiger charge is -2.23. The number of benzene rings is 1. The number of nitrogens with one attached hydrogen (secondary N) is 1. The lowest BCUT2D eigenvalue weighted by Crippen LogP contribution is -2.37. The SMILES string of the molecule is CC(C)[C@H](C)NC(=O)c1ccc(N(C)S(=O)(=O)N(C)C)cc1. The molecule has 7 heteroatoms. The number of hydrogen-bond acceptors (Lipinski definition) is 3. The van der Waals surface area contributed by atoms with Crippen LogP contribution in [-0.4, -0.2) is 45.8 Å². The van der Waals surface area contributed by atoms with E-state index in [1.807, 2.05) is 20.8 Å². The van der Waals surface area contributed by atoms with E-state index in [0.29, 0.717) is 17.2 Å². The topological polar surface area (TPSA) is 69.7 Å². The zero-order chi connectivity index (χ0) is 17.1. The van der Waals surface area contributed by atoms with Crippen LogP contribution in [0.15, 0.2) is 24.3 Å². The maximum Gasteiger partial charge on any atom is 0.303 e. The van der Waals surface area contributed by atoms with Crippen molar-refractivity contribution >= 4 is 21.8 Å². The highest BCUT2D eigenvalue weighted by molar-refractivity contribution is 7.90. The van der Waals surface area contributed by atoms with Gasteiger partial charge in [-0.15, -0.1) is 0 Å². The lowest BCUT2D eigenvalue weighted by atomic mass is 10.1. The third-order valence-corrected chi connectivity index (χ3v) is 5.49. The summed E-state index contributed by atoms with van der Waals surface area (Å²) in [6, 6.07) is 6.56. The molecule has 0 aliphatic carbocycles. The largest absolute Gasteiger partial charge is 0.349 e. The maximum atomic E-state index is 12.1. The Hall–Kier alpha value is -1.60. The quantitative estimate of drug-likeness (QED) is 0.864. The highest BCUT2D eigenvalue weighted by Crippen LogP contribution is 2.18. The van der Waals surface area contributed by atoms with Crippen LogP contribution in [0.3, 0.4) is 0 Å². The number of amides is 1. The van der Waals surface area contributed by atoms with E-state index in [1.165, 1.54) is 25.4 Å². The fourth-order valence-electron chi connectivity index (χ4n) is 1.66. The molecular formula is C15H25N3O3S. The van der Waals surface area contributed by atoms with E-state index in [-0.39, 0.29) is 11.9 Å². The van der Waals surface area contributed by atoms with Crippen LogP contribution in [0.4, 0.5) is 5.69 Å². The van der Waals surface area contributed by atoms with Crippen LogP contribution in [-0.2, 0) is 10.2 Å². The standard InChI is InChI=1S/C15H25N3O3S/c1-11(2)12(3)16-15(19)13-7-9-14(10-8-13)18(6)22(20,21)17(4)5/h7-12H,1-6H3,(H,16,19)/t12-/m0/s1. The first-order valence-corrected chi connectivity index (χ1v) is 8.54. The van der Waals surface area contributed by atoms with Gasteiger partial charge in [-0.25, -0.2) is 0 Å². The molecule has 0 saturated heterocycles. The van der Waals surface area contributed by atoms with Crippen molar-refractivity contribution in [3.05, 3.63) is 29.8 Å². The molecule has 0 aromatic heterocycles. The second-order valence-corrected chi connectivity index (χ2v) is 7.98. The number of carbonyl (C=O) groups excluding carboxylic acids is 1. The van der Waals surface area contributed by atoms with E-state index in [0.717, 1.165) is 4.31 Å². The van der Waals surface area contributed by atoms with Crippen LogP contribution in [0.25, 0.3) is 0 Å². The summed E-state index contributed by atoms with van der Waals surface area (Å²) in [4.78, 5) is 12.1. The molecule has 0 aliphatic heterocycles. The molecule has 0 saturated carbocycles. The van der Waals surface area contributed by atoms with Gasteiger partial charge in [-0.2, -0.15) is 12.7 Å². The van der Waals surface area contributed by atoms with Gasteiger partial charge in [0.1, 0.15) is 0 Å². The molecule has 1 N–H and O–H groups in total. The van der Waals surface area contributed by atoms with Crippen molar-refractivity contribution < 1.29 is 13.2 Å². The molecule has 1 amide bonds. The predicted octanol–water partition coefficient (Wildman–Crippen LogP) is 1.70. The fraction of sp³-hybridized carbons (Fsp3) is 0.533. The second-order valence-electron chi connectivity index (χ2n) is 5.81. The van der Waals surface area contributed by atoms with Crippen LogP contribution in [0, 0.1) is 5.92 Å². The molecule has 0 aliphatic rings. The summed E-state index contributed by atoms with van der Waals surface area (Å²) in [5.41, 5.74) is 1.01. The van der Waals surface area contributed by atoms with Gasteiger partial charge >= 0.3 is 10.2 Å². The number of rotatable bonds is 6. The van der Waals surface area contributed by atoms with E-state index < -0.39 is 10.2 Å². The molecule has 1 atom stereocenters. The van der Waals surface area contributed by atoms with Crippen molar-refractivity contribution in [1.82, 2.24) is 9.62 Å². The van der Waals surface area contributed by atoms with Gasteiger partial charge in [-0.1, -0.05) is 13.8 Å². The van der Waals surface area contributed by atoms with Crippen molar-refractivity contribution in [3.63, 3.8) is 0 Å². The van der Waals surface area contributed by atoms with E-state index in [9.17, 15) is 13.2 Å². The first-order valence-electron chi connectivity index (χ1n) is 7.14.